The average molecular weight is 622 g/mol. The van der Waals surface area contributed by atoms with Crippen LogP contribution >= 0.6 is 17.9 Å². The monoisotopic (exact) mass is 621 g/mol. The van der Waals surface area contributed by atoms with Gasteiger partial charge in [0.05, 0.1) is 13.2 Å². The Kier molecular flexibility index (Phi) is 35.1. The topological polar surface area (TPSA) is 30.5 Å². The first kappa shape index (κ1) is 40.9. The van der Waals surface area contributed by atoms with Gasteiger partial charge in [0.25, 0.3) is 0 Å². The Bertz CT molecular complexity index is 524. The van der Waals surface area contributed by atoms with Gasteiger partial charge in [-0.2, -0.15) is 0 Å². The van der Waals surface area contributed by atoms with Crippen LogP contribution in [0.3, 0.4) is 0 Å². The van der Waals surface area contributed by atoms with Crippen molar-refractivity contribution in [1.29, 1.82) is 0 Å². The molecule has 0 saturated carbocycles. The molecule has 0 aromatic carbocycles. The highest BCUT2D eigenvalue weighted by atomic mass is 32.9. The summed E-state index contributed by atoms with van der Waals surface area (Å²) < 4.78 is 11.5. The third-order valence-electron chi connectivity index (χ3n) is 7.96. The zero-order valence-corrected chi connectivity index (χ0v) is 29.9. The molecular weight excluding hydrogens is 549 g/mol. The first-order valence-corrected chi connectivity index (χ1v) is 21.7. The number of rotatable bonds is 35. The minimum Gasteiger partial charge on any atom is -0.322 e. The van der Waals surface area contributed by atoms with Gasteiger partial charge in [-0.1, -0.05) is 180 Å². The van der Waals surface area contributed by atoms with Crippen LogP contribution in [0.4, 0.5) is 0 Å². The molecule has 6 heteroatoms. The molecule has 0 radical (unpaired) electrons. The molecule has 0 fully saturated rings. The largest absolute Gasteiger partial charge is 0.322 e. The quantitative estimate of drug-likeness (QED) is 0.0419. The lowest BCUT2D eigenvalue weighted by Gasteiger charge is -2.16. The molecule has 0 spiro atoms. The number of nitrogens with one attached hydrogen (secondary N) is 1. The van der Waals surface area contributed by atoms with E-state index in [-0.39, 0.29) is 0 Å². The molecule has 0 aromatic rings. The summed E-state index contributed by atoms with van der Waals surface area (Å²) in [6.45, 7) is 8.32. The highest BCUT2D eigenvalue weighted by molar-refractivity contribution is 8.60. The van der Waals surface area contributed by atoms with Crippen molar-refractivity contribution in [2.45, 2.75) is 194 Å². The van der Waals surface area contributed by atoms with Crippen molar-refractivity contribution in [3.8, 4) is 0 Å². The van der Waals surface area contributed by atoms with E-state index in [1.165, 1.54) is 180 Å². The van der Waals surface area contributed by atoms with Crippen molar-refractivity contribution in [2.75, 3.05) is 26.3 Å². The van der Waals surface area contributed by atoms with Gasteiger partial charge in [-0.3, -0.25) is 0 Å². The summed E-state index contributed by atoms with van der Waals surface area (Å²) >= 11 is 9.90. The van der Waals surface area contributed by atoms with E-state index in [9.17, 15) is 0 Å². The Morgan fingerprint density at radius 2 is 0.675 bits per heavy atom. The Balaban J connectivity index is 3.18. The second-order valence-corrected chi connectivity index (χ2v) is 17.4. The summed E-state index contributed by atoms with van der Waals surface area (Å²) in [5.41, 5.74) is -2.33. The van der Waals surface area contributed by atoms with Crippen molar-refractivity contribution in [2.24, 2.45) is 0 Å². The van der Waals surface area contributed by atoms with Crippen LogP contribution < -0.4 is 5.32 Å². The molecule has 1 N–H and O–H groups in total. The van der Waals surface area contributed by atoms with E-state index >= 15 is 0 Å². The molecule has 1 unspecified atom stereocenters. The van der Waals surface area contributed by atoms with Crippen LogP contribution in [0, 0.1) is 0 Å². The summed E-state index contributed by atoms with van der Waals surface area (Å²) in [6, 6.07) is 0. The molecule has 0 aliphatic carbocycles. The predicted octanol–water partition coefficient (Wildman–Crippen LogP) is 12.7. The minimum atomic E-state index is -2.33. The molecule has 0 aliphatic rings. The van der Waals surface area contributed by atoms with Gasteiger partial charge in [-0.15, -0.1) is 0 Å². The third kappa shape index (κ3) is 35.1. The molecule has 0 aromatic heterocycles. The van der Waals surface area contributed by atoms with E-state index in [1.54, 1.807) is 0 Å². The molecule has 0 saturated heterocycles. The van der Waals surface area contributed by atoms with Gasteiger partial charge in [0.15, 0.2) is 0 Å². The molecule has 0 heterocycles. The predicted molar refractivity (Wildman–Crippen MR) is 189 cm³/mol. The molecule has 0 amide bonds. The second kappa shape index (κ2) is 34.4. The Hall–Kier alpha value is 0.880. The molecule has 40 heavy (non-hydrogen) atoms. The lowest BCUT2D eigenvalue weighted by Crippen LogP contribution is -2.16. The van der Waals surface area contributed by atoms with Crippen LogP contribution in [0.5, 0.6) is 0 Å². The van der Waals surface area contributed by atoms with E-state index in [1.807, 2.05) is 0 Å². The number of hydrogen-bond acceptors (Lipinski definition) is 4. The summed E-state index contributed by atoms with van der Waals surface area (Å²) in [5, 5.41) is 3.65. The maximum atomic E-state index is 5.78. The van der Waals surface area contributed by atoms with Crippen LogP contribution in [0.2, 0.25) is 0 Å². The third-order valence-corrected chi connectivity index (χ3v) is 10.3. The first-order chi connectivity index (χ1) is 19.6. The zero-order chi connectivity index (χ0) is 29.2. The fourth-order valence-electron chi connectivity index (χ4n) is 5.26. The smallest absolute Gasteiger partial charge is 0.244 e. The molecule has 3 nitrogen and oxygen atoms in total. The first-order valence-electron chi connectivity index (χ1n) is 17.9. The summed E-state index contributed by atoms with van der Waals surface area (Å²) in [7, 11) is 0. The van der Waals surface area contributed by atoms with Gasteiger partial charge in [-0.25, -0.2) is 0 Å². The highest BCUT2D eigenvalue weighted by Gasteiger charge is 2.12. The van der Waals surface area contributed by atoms with Crippen LogP contribution in [-0.2, 0) is 20.9 Å². The summed E-state index contributed by atoms with van der Waals surface area (Å²) in [6.07, 6.45) is 38.1. The lowest BCUT2D eigenvalue weighted by molar-refractivity contribution is 0.250. The van der Waals surface area contributed by atoms with Crippen LogP contribution in [0.15, 0.2) is 0 Å². The van der Waals surface area contributed by atoms with Crippen molar-refractivity contribution >= 4 is 29.7 Å². The van der Waals surface area contributed by atoms with Crippen LogP contribution in [0.25, 0.3) is 0 Å². The molecule has 0 aliphatic heterocycles. The Morgan fingerprint density at radius 1 is 0.425 bits per heavy atom. The van der Waals surface area contributed by atoms with Crippen LogP contribution in [0.1, 0.15) is 194 Å². The molecule has 242 valence electrons. The number of thiol groups is 1. The highest BCUT2D eigenvalue weighted by Crippen LogP contribution is 2.53. The van der Waals surface area contributed by atoms with Crippen LogP contribution in [-0.4, -0.2) is 26.3 Å². The van der Waals surface area contributed by atoms with Crippen molar-refractivity contribution in [3.63, 3.8) is 0 Å². The summed E-state index contributed by atoms with van der Waals surface area (Å²) in [4.78, 5) is 0. The Morgan fingerprint density at radius 3 is 0.975 bits per heavy atom. The van der Waals surface area contributed by atoms with Gasteiger partial charge >= 0.3 is 0 Å². The van der Waals surface area contributed by atoms with Crippen molar-refractivity contribution in [1.82, 2.24) is 5.32 Å². The van der Waals surface area contributed by atoms with Crippen molar-refractivity contribution in [3.05, 3.63) is 0 Å². The molecule has 0 bridgehead atoms. The summed E-state index contributed by atoms with van der Waals surface area (Å²) in [5.74, 6) is 0. The van der Waals surface area contributed by atoms with E-state index in [4.69, 9.17) is 20.9 Å². The number of unbranched alkanes of at least 4 members (excludes halogenated alkanes) is 25. The molecule has 0 rings (SSSR count). The van der Waals surface area contributed by atoms with Gasteiger partial charge < -0.3 is 14.4 Å². The normalized spacial score (nSPS) is 13.2. The van der Waals surface area contributed by atoms with Gasteiger partial charge in [0, 0.05) is 0 Å². The van der Waals surface area contributed by atoms with Gasteiger partial charge in [-0.05, 0) is 50.6 Å². The second-order valence-electron chi connectivity index (χ2n) is 12.1. The SMILES string of the molecule is CCCCCCCCCCCCCCCCCCNCCCCCCCCOP(=S)(S)OCCCCCCCC. The zero-order valence-electron chi connectivity index (χ0n) is 27.2. The fourth-order valence-corrected chi connectivity index (χ4v) is 6.99. The van der Waals surface area contributed by atoms with Gasteiger partial charge in [0.2, 0.25) is 5.69 Å². The van der Waals surface area contributed by atoms with Crippen molar-refractivity contribution < 1.29 is 9.05 Å². The minimum absolute atomic E-state index is 0.693. The maximum Gasteiger partial charge on any atom is 0.244 e. The maximum absolute atomic E-state index is 5.78. The fraction of sp³-hybridized carbons (Fsp3) is 1.00. The molecule has 1 atom stereocenters. The lowest BCUT2D eigenvalue weighted by atomic mass is 10.0. The van der Waals surface area contributed by atoms with E-state index in [2.05, 4.69) is 31.4 Å². The Labute approximate surface area is 263 Å². The standard InChI is InChI=1S/C34H72NO2PS2/c1-3-5-7-9-11-12-13-14-15-16-17-18-19-20-23-27-31-35-32-28-24-21-22-26-30-34-37-38(39,40)36-33-29-25-10-8-6-4-2/h35H,3-34H2,1-2H3,(H,39,40). The van der Waals surface area contributed by atoms with Gasteiger partial charge in [0.1, 0.15) is 0 Å². The average Bonchev–Trinajstić information content (AvgIpc) is 2.94. The van der Waals surface area contributed by atoms with E-state index in [0.717, 1.165) is 12.8 Å². The van der Waals surface area contributed by atoms with E-state index in [0.29, 0.717) is 13.2 Å². The number of hydrogen-bond donors (Lipinski definition) is 2. The molecular formula is C34H72NO2PS2. The van der Waals surface area contributed by atoms with E-state index < -0.39 is 5.69 Å².